The number of hydrogen-bond donors (Lipinski definition) is 2. The zero-order valence-corrected chi connectivity index (χ0v) is 28.4. The Morgan fingerprint density at radius 1 is 1.10 bits per heavy atom. The summed E-state index contributed by atoms with van der Waals surface area (Å²) in [6.45, 7) is 5.58. The molecule has 1 fully saturated rings. The van der Waals surface area contributed by atoms with Crippen molar-refractivity contribution in [2.75, 3.05) is 18.4 Å². The first-order valence-electron chi connectivity index (χ1n) is 16.1. The number of amides is 2. The van der Waals surface area contributed by atoms with Crippen LogP contribution in [0.1, 0.15) is 70.7 Å². The Labute approximate surface area is 293 Å². The maximum atomic E-state index is 14.4. The number of pyridine rings is 1. The van der Waals surface area contributed by atoms with Crippen LogP contribution in [0.3, 0.4) is 0 Å². The zero-order valence-electron chi connectivity index (χ0n) is 27.6. The third-order valence-electron chi connectivity index (χ3n) is 9.71. The number of nitrogens with zero attached hydrogens (tertiary/aromatic N) is 8. The van der Waals surface area contributed by atoms with Crippen molar-refractivity contribution >= 4 is 34.9 Å². The fraction of sp³-hybridized carbons (Fsp3) is 0.353. The van der Waals surface area contributed by atoms with Crippen LogP contribution in [-0.4, -0.2) is 69.0 Å². The molecule has 1 spiro atoms. The second-order valence-corrected chi connectivity index (χ2v) is 13.5. The number of benzene rings is 1. The molecule has 0 saturated carbocycles. The van der Waals surface area contributed by atoms with Gasteiger partial charge >= 0.3 is 6.18 Å². The lowest BCUT2D eigenvalue weighted by molar-refractivity contribution is -0.137. The first-order chi connectivity index (χ1) is 24.2. The quantitative estimate of drug-likeness (QED) is 0.253. The molecular formula is C34H31ClF3N9O4. The highest BCUT2D eigenvalue weighted by atomic mass is 35.5. The van der Waals surface area contributed by atoms with E-state index in [1.54, 1.807) is 34.7 Å². The number of halogens is 4. The van der Waals surface area contributed by atoms with Crippen molar-refractivity contribution in [3.8, 4) is 17.3 Å². The molecule has 17 heteroatoms. The standard InChI is InChI=1S/C34H31ClF3N9O4/c1-17-6-9-39-23(12-17)29-43-32-46(15-24(48)42-22-5-4-20(13-21(22)35)34(36,37)38)27-18(2)14-33(25(27)30(50)47(32)44-29)7-10-45(11-8-33)31(51)26-28(49)19(3)40-16-41-26/h4-6,9,12-13,16,18,49H,7-8,10-11,14-15H2,1-3H3,(H,42,48). The van der Waals surface area contributed by atoms with Gasteiger partial charge < -0.3 is 19.9 Å². The lowest BCUT2D eigenvalue weighted by Gasteiger charge is -2.39. The highest BCUT2D eigenvalue weighted by molar-refractivity contribution is 6.33. The molecule has 2 aliphatic rings. The largest absolute Gasteiger partial charge is 0.504 e. The molecule has 2 amide bonds. The van der Waals surface area contributed by atoms with Gasteiger partial charge in [-0.3, -0.25) is 19.4 Å². The number of piperidine rings is 1. The smallest absolute Gasteiger partial charge is 0.416 e. The minimum atomic E-state index is -4.61. The van der Waals surface area contributed by atoms with Gasteiger partial charge in [0.2, 0.25) is 17.5 Å². The summed E-state index contributed by atoms with van der Waals surface area (Å²) in [5.41, 5.74) is 0.496. The zero-order chi connectivity index (χ0) is 36.4. The second kappa shape index (κ2) is 12.4. The van der Waals surface area contributed by atoms with E-state index in [0.717, 1.165) is 28.3 Å². The van der Waals surface area contributed by atoms with E-state index in [1.165, 1.54) is 6.33 Å². The van der Waals surface area contributed by atoms with Gasteiger partial charge in [-0.2, -0.15) is 22.7 Å². The summed E-state index contributed by atoms with van der Waals surface area (Å²) in [5.74, 6) is -1.31. The fourth-order valence-electron chi connectivity index (χ4n) is 7.28. The van der Waals surface area contributed by atoms with Crippen molar-refractivity contribution < 1.29 is 27.9 Å². The van der Waals surface area contributed by atoms with E-state index < -0.39 is 34.5 Å². The Morgan fingerprint density at radius 3 is 2.53 bits per heavy atom. The van der Waals surface area contributed by atoms with E-state index in [2.05, 4.69) is 30.4 Å². The molecule has 1 aliphatic heterocycles. The first kappa shape index (κ1) is 34.1. The topological polar surface area (TPSA) is 160 Å². The van der Waals surface area contributed by atoms with Gasteiger partial charge in [0.15, 0.2) is 11.4 Å². The molecule has 1 atom stereocenters. The molecule has 4 aromatic heterocycles. The Morgan fingerprint density at radius 2 is 1.84 bits per heavy atom. The van der Waals surface area contributed by atoms with Crippen LogP contribution in [0.5, 0.6) is 5.75 Å². The van der Waals surface area contributed by atoms with Gasteiger partial charge in [0.05, 0.1) is 22.0 Å². The number of alkyl halides is 3. The maximum absolute atomic E-state index is 14.4. The van der Waals surface area contributed by atoms with E-state index in [-0.39, 0.29) is 65.0 Å². The van der Waals surface area contributed by atoms with E-state index in [9.17, 15) is 32.7 Å². The van der Waals surface area contributed by atoms with Crippen LogP contribution in [-0.2, 0) is 22.9 Å². The maximum Gasteiger partial charge on any atom is 0.416 e. The molecule has 264 valence electrons. The first-order valence-corrected chi connectivity index (χ1v) is 16.5. The van der Waals surface area contributed by atoms with Gasteiger partial charge in [-0.15, -0.1) is 5.10 Å². The number of carbonyl (C=O) groups excluding carboxylic acids is 2. The summed E-state index contributed by atoms with van der Waals surface area (Å²) in [4.78, 5) is 60.0. The highest BCUT2D eigenvalue weighted by Crippen LogP contribution is 2.50. The van der Waals surface area contributed by atoms with Gasteiger partial charge in [0.1, 0.15) is 18.6 Å². The van der Waals surface area contributed by atoms with Crippen molar-refractivity contribution in [2.24, 2.45) is 0 Å². The molecule has 7 rings (SSSR count). The molecule has 1 aromatic carbocycles. The third kappa shape index (κ3) is 5.96. The number of hydrogen-bond acceptors (Lipinski definition) is 9. The minimum Gasteiger partial charge on any atom is -0.504 e. The van der Waals surface area contributed by atoms with Gasteiger partial charge in [-0.1, -0.05) is 18.5 Å². The summed E-state index contributed by atoms with van der Waals surface area (Å²) in [5, 5.41) is 17.3. The van der Waals surface area contributed by atoms with Crippen LogP contribution in [0.4, 0.5) is 18.9 Å². The molecule has 1 unspecified atom stereocenters. The highest BCUT2D eigenvalue weighted by Gasteiger charge is 2.49. The average molecular weight is 722 g/mol. The summed E-state index contributed by atoms with van der Waals surface area (Å²) in [6, 6.07) is 6.22. The molecular weight excluding hydrogens is 691 g/mol. The number of aryl methyl sites for hydroxylation is 2. The van der Waals surface area contributed by atoms with E-state index in [0.29, 0.717) is 36.2 Å². The summed E-state index contributed by atoms with van der Waals surface area (Å²) in [7, 11) is 0. The molecule has 51 heavy (non-hydrogen) atoms. The molecule has 0 radical (unpaired) electrons. The van der Waals surface area contributed by atoms with Crippen molar-refractivity contribution in [1.29, 1.82) is 0 Å². The van der Waals surface area contributed by atoms with E-state index >= 15 is 0 Å². The van der Waals surface area contributed by atoms with Crippen molar-refractivity contribution in [3.05, 3.63) is 92.0 Å². The number of likely N-dealkylation sites (tertiary alicyclic amines) is 1. The summed E-state index contributed by atoms with van der Waals surface area (Å²) < 4.78 is 42.5. The van der Waals surface area contributed by atoms with Crippen LogP contribution in [0, 0.1) is 13.8 Å². The van der Waals surface area contributed by atoms with Crippen molar-refractivity contribution in [2.45, 2.75) is 64.1 Å². The monoisotopic (exact) mass is 721 g/mol. The number of anilines is 1. The number of aromatic hydroxyl groups is 1. The molecule has 13 nitrogen and oxygen atoms in total. The van der Waals surface area contributed by atoms with Crippen LogP contribution in [0.15, 0.2) is 47.7 Å². The van der Waals surface area contributed by atoms with Crippen LogP contribution >= 0.6 is 11.6 Å². The van der Waals surface area contributed by atoms with E-state index in [4.69, 9.17) is 11.6 Å². The fourth-order valence-corrected chi connectivity index (χ4v) is 7.51. The number of aromatic nitrogens is 7. The molecule has 1 aliphatic carbocycles. The average Bonchev–Trinajstić information content (AvgIpc) is 3.65. The Kier molecular flexibility index (Phi) is 8.31. The second-order valence-electron chi connectivity index (χ2n) is 13.1. The van der Waals surface area contributed by atoms with Gasteiger partial charge in [0, 0.05) is 36.0 Å². The number of nitrogens with one attached hydrogen (secondary N) is 1. The van der Waals surface area contributed by atoms with Crippen LogP contribution in [0.25, 0.3) is 17.3 Å². The van der Waals surface area contributed by atoms with Gasteiger partial charge in [-0.25, -0.2) is 9.97 Å². The third-order valence-corrected chi connectivity index (χ3v) is 10.0. The predicted octanol–water partition coefficient (Wildman–Crippen LogP) is 5.06. The molecule has 0 bridgehead atoms. The van der Waals surface area contributed by atoms with Crippen molar-refractivity contribution in [1.82, 2.24) is 39.0 Å². The van der Waals surface area contributed by atoms with Crippen molar-refractivity contribution in [3.63, 3.8) is 0 Å². The predicted molar refractivity (Wildman–Crippen MR) is 179 cm³/mol. The number of rotatable bonds is 5. The molecule has 1 saturated heterocycles. The SMILES string of the molecule is Cc1ccnc(-c2nc3n(CC(=O)Nc4ccc(C(F)(F)F)cc4Cl)c4c(c(=O)n3n2)C2(CCN(C(=O)c3ncnc(C)c3O)CC2)CC4C)c1. The van der Waals surface area contributed by atoms with Crippen LogP contribution < -0.4 is 10.9 Å². The van der Waals surface area contributed by atoms with E-state index in [1.807, 2.05) is 13.8 Å². The Bertz CT molecular complexity index is 2300. The lowest BCUT2D eigenvalue weighted by Crippen LogP contribution is -2.46. The summed E-state index contributed by atoms with van der Waals surface area (Å²) >= 11 is 6.14. The number of carbonyl (C=O) groups is 2. The summed E-state index contributed by atoms with van der Waals surface area (Å²) in [6.07, 6.45) is -0.428. The normalized spacial score (nSPS) is 16.8. The molecule has 2 N–H and O–H groups in total. The Balaban J connectivity index is 1.28. The van der Waals surface area contributed by atoms with Gasteiger partial charge in [0.25, 0.3) is 11.5 Å². The van der Waals surface area contributed by atoms with Gasteiger partial charge in [-0.05, 0) is 74.9 Å². The molecule has 5 heterocycles. The minimum absolute atomic E-state index is 0.0130. The lowest BCUT2D eigenvalue weighted by atomic mass is 9.73. The molecule has 5 aromatic rings. The Hall–Kier alpha value is -5.38. The van der Waals surface area contributed by atoms with Crippen LogP contribution in [0.2, 0.25) is 5.02 Å². The number of fused-ring (bicyclic) bond motifs is 3.